The van der Waals surface area contributed by atoms with Gasteiger partial charge in [0.25, 0.3) is 0 Å². The number of aromatic nitrogens is 1. The summed E-state index contributed by atoms with van der Waals surface area (Å²) < 4.78 is 1.03. The van der Waals surface area contributed by atoms with Crippen molar-refractivity contribution in [2.45, 2.75) is 19.4 Å². The zero-order chi connectivity index (χ0) is 10.4. The van der Waals surface area contributed by atoms with Gasteiger partial charge in [-0.25, -0.2) is 0 Å². The molecule has 0 bridgehead atoms. The van der Waals surface area contributed by atoms with Gasteiger partial charge in [-0.3, -0.25) is 4.98 Å². The van der Waals surface area contributed by atoms with Crippen molar-refractivity contribution in [1.29, 1.82) is 0 Å². The van der Waals surface area contributed by atoms with Gasteiger partial charge in [-0.05, 0) is 34.7 Å². The molecule has 1 N–H and O–H groups in total. The molecule has 0 saturated heterocycles. The lowest BCUT2D eigenvalue weighted by molar-refractivity contribution is 0.774. The van der Waals surface area contributed by atoms with E-state index in [1.807, 2.05) is 24.0 Å². The summed E-state index contributed by atoms with van der Waals surface area (Å²) in [5, 5.41) is 3.49. The van der Waals surface area contributed by atoms with E-state index >= 15 is 0 Å². The molecule has 1 heterocycles. The molecule has 0 aliphatic heterocycles. The Morgan fingerprint density at radius 3 is 3.00 bits per heavy atom. The van der Waals surface area contributed by atoms with E-state index in [0.717, 1.165) is 22.3 Å². The first-order valence-electron chi connectivity index (χ1n) is 4.63. The van der Waals surface area contributed by atoms with Crippen molar-refractivity contribution in [3.05, 3.63) is 22.9 Å². The molecule has 1 aromatic heterocycles. The summed E-state index contributed by atoms with van der Waals surface area (Å²) in [6, 6.07) is 2.52. The maximum absolute atomic E-state index is 4.03. The maximum Gasteiger partial charge on any atom is 0.0590 e. The molecule has 2 nitrogen and oxygen atoms in total. The van der Waals surface area contributed by atoms with Gasteiger partial charge >= 0.3 is 0 Å². The second-order valence-electron chi connectivity index (χ2n) is 3.06. The minimum atomic E-state index is 0.531. The molecular weight excluding hydrogens is 260 g/mol. The number of nitrogens with zero attached hydrogens (tertiary/aromatic N) is 1. The average molecular weight is 275 g/mol. The van der Waals surface area contributed by atoms with E-state index in [2.05, 4.69) is 39.4 Å². The fraction of sp³-hybridized carbons (Fsp3) is 0.500. The highest BCUT2D eigenvalue weighted by molar-refractivity contribution is 9.10. The van der Waals surface area contributed by atoms with Crippen molar-refractivity contribution < 1.29 is 0 Å². The number of pyridine rings is 1. The molecule has 0 aromatic carbocycles. The summed E-state index contributed by atoms with van der Waals surface area (Å²) in [7, 11) is 0. The Bertz CT molecular complexity index is 281. The maximum atomic E-state index is 4.03. The fourth-order valence-corrected chi connectivity index (χ4v) is 2.26. The van der Waals surface area contributed by atoms with Gasteiger partial charge in [0.15, 0.2) is 0 Å². The molecule has 0 radical (unpaired) electrons. The third kappa shape index (κ3) is 3.50. The largest absolute Gasteiger partial charge is 0.380 e. The van der Waals surface area contributed by atoms with Crippen LogP contribution in [-0.2, 0) is 0 Å². The third-order valence-electron chi connectivity index (χ3n) is 1.99. The molecule has 0 fully saturated rings. The minimum Gasteiger partial charge on any atom is -0.380 e. The van der Waals surface area contributed by atoms with E-state index in [-0.39, 0.29) is 0 Å². The van der Waals surface area contributed by atoms with Crippen LogP contribution in [0.3, 0.4) is 0 Å². The summed E-state index contributed by atoms with van der Waals surface area (Å²) >= 11 is 5.34. The first-order chi connectivity index (χ1) is 6.77. The topological polar surface area (TPSA) is 24.9 Å². The first kappa shape index (κ1) is 11.9. The van der Waals surface area contributed by atoms with E-state index in [1.54, 1.807) is 6.20 Å². The molecule has 0 amide bonds. The van der Waals surface area contributed by atoms with Gasteiger partial charge in [0.05, 0.1) is 10.2 Å². The fourth-order valence-electron chi connectivity index (χ4n) is 1.17. The number of anilines is 1. The molecule has 1 rings (SSSR count). The van der Waals surface area contributed by atoms with Crippen LogP contribution in [-0.4, -0.2) is 23.0 Å². The monoisotopic (exact) mass is 274 g/mol. The molecule has 0 aliphatic rings. The smallest absolute Gasteiger partial charge is 0.0590 e. The van der Waals surface area contributed by atoms with Crippen molar-refractivity contribution in [2.75, 3.05) is 17.3 Å². The molecule has 1 aromatic rings. The van der Waals surface area contributed by atoms with E-state index in [4.69, 9.17) is 0 Å². The predicted octanol–water partition coefficient (Wildman–Crippen LogP) is 3.40. The average Bonchev–Trinajstić information content (AvgIpc) is 2.20. The van der Waals surface area contributed by atoms with Crippen LogP contribution in [0.1, 0.15) is 13.3 Å². The third-order valence-corrected chi connectivity index (χ3v) is 3.36. The number of halogens is 1. The number of hydrogen-bond donors (Lipinski definition) is 1. The summed E-state index contributed by atoms with van der Waals surface area (Å²) in [6.45, 7) is 2.20. The van der Waals surface area contributed by atoms with Crippen LogP contribution in [0.15, 0.2) is 22.9 Å². The summed E-state index contributed by atoms with van der Waals surface area (Å²) in [5.41, 5.74) is 1.13. The van der Waals surface area contributed by atoms with Crippen LogP contribution in [0.25, 0.3) is 0 Å². The van der Waals surface area contributed by atoms with Gasteiger partial charge in [-0.1, -0.05) is 6.92 Å². The molecule has 4 heteroatoms. The van der Waals surface area contributed by atoms with E-state index in [9.17, 15) is 0 Å². The van der Waals surface area contributed by atoms with E-state index in [1.165, 1.54) is 0 Å². The van der Waals surface area contributed by atoms with Crippen LogP contribution in [0.2, 0.25) is 0 Å². The van der Waals surface area contributed by atoms with Gasteiger partial charge in [-0.15, -0.1) is 0 Å². The standard InChI is InChI=1S/C10H15BrN2S/c1-3-8(7-14-2)13-10-4-5-12-6-9(10)11/h4-6,8H,3,7H2,1-2H3,(H,12,13). The molecule has 14 heavy (non-hydrogen) atoms. The zero-order valence-corrected chi connectivity index (χ0v) is 10.9. The molecule has 1 atom stereocenters. The van der Waals surface area contributed by atoms with Gasteiger partial charge in [0, 0.05) is 24.2 Å². The summed E-state index contributed by atoms with van der Waals surface area (Å²) in [4.78, 5) is 4.03. The Labute approximate surface area is 98.0 Å². The Balaban J connectivity index is 2.62. The van der Waals surface area contributed by atoms with Gasteiger partial charge in [-0.2, -0.15) is 11.8 Å². The number of rotatable bonds is 5. The molecule has 0 aliphatic carbocycles. The summed E-state index contributed by atoms with van der Waals surface area (Å²) in [6.07, 6.45) is 6.88. The van der Waals surface area contributed by atoms with Crippen LogP contribution in [0.4, 0.5) is 5.69 Å². The van der Waals surface area contributed by atoms with E-state index < -0.39 is 0 Å². The van der Waals surface area contributed by atoms with Crippen LogP contribution in [0, 0.1) is 0 Å². The van der Waals surface area contributed by atoms with Crippen LogP contribution in [0.5, 0.6) is 0 Å². The zero-order valence-electron chi connectivity index (χ0n) is 8.46. The summed E-state index contributed by atoms with van der Waals surface area (Å²) in [5.74, 6) is 1.13. The second-order valence-corrected chi connectivity index (χ2v) is 4.83. The van der Waals surface area contributed by atoms with Crippen LogP contribution >= 0.6 is 27.7 Å². The minimum absolute atomic E-state index is 0.531. The van der Waals surface area contributed by atoms with Crippen LogP contribution < -0.4 is 5.32 Å². The Morgan fingerprint density at radius 1 is 1.64 bits per heavy atom. The van der Waals surface area contributed by atoms with Crippen molar-refractivity contribution >= 4 is 33.4 Å². The highest BCUT2D eigenvalue weighted by atomic mass is 79.9. The van der Waals surface area contributed by atoms with Gasteiger partial charge in [0.1, 0.15) is 0 Å². The normalized spacial score (nSPS) is 12.5. The lowest BCUT2D eigenvalue weighted by Crippen LogP contribution is -2.21. The van der Waals surface area contributed by atoms with Gasteiger partial charge < -0.3 is 5.32 Å². The second kappa shape index (κ2) is 6.30. The lowest BCUT2D eigenvalue weighted by Gasteiger charge is -2.17. The Kier molecular flexibility index (Phi) is 5.33. The predicted molar refractivity (Wildman–Crippen MR) is 68.0 cm³/mol. The molecule has 0 saturated carbocycles. The van der Waals surface area contributed by atoms with Crippen molar-refractivity contribution in [1.82, 2.24) is 4.98 Å². The lowest BCUT2D eigenvalue weighted by atomic mass is 10.2. The highest BCUT2D eigenvalue weighted by Crippen LogP contribution is 2.21. The molecule has 78 valence electrons. The molecule has 0 spiro atoms. The first-order valence-corrected chi connectivity index (χ1v) is 6.81. The highest BCUT2D eigenvalue weighted by Gasteiger charge is 2.06. The Morgan fingerprint density at radius 2 is 2.43 bits per heavy atom. The van der Waals surface area contributed by atoms with Crippen molar-refractivity contribution in [2.24, 2.45) is 0 Å². The number of nitrogens with one attached hydrogen (secondary N) is 1. The van der Waals surface area contributed by atoms with E-state index in [0.29, 0.717) is 6.04 Å². The quantitative estimate of drug-likeness (QED) is 0.891. The SMILES string of the molecule is CCC(CSC)Nc1ccncc1Br. The molecular formula is C10H15BrN2S. The number of thioether (sulfide) groups is 1. The van der Waals surface area contributed by atoms with Crippen molar-refractivity contribution in [3.63, 3.8) is 0 Å². The number of hydrogen-bond acceptors (Lipinski definition) is 3. The Hall–Kier alpha value is -0.220. The molecule has 1 unspecified atom stereocenters. The van der Waals surface area contributed by atoms with Gasteiger partial charge in [0.2, 0.25) is 0 Å². The van der Waals surface area contributed by atoms with Crippen molar-refractivity contribution in [3.8, 4) is 0 Å².